The van der Waals surface area contributed by atoms with E-state index in [9.17, 15) is 4.79 Å². The number of methoxy groups -OCH3 is 1. The van der Waals surface area contributed by atoms with Crippen molar-refractivity contribution < 1.29 is 29.8 Å². The first kappa shape index (κ1) is 19.3. The van der Waals surface area contributed by atoms with Gasteiger partial charge in [0, 0.05) is 0 Å². The van der Waals surface area contributed by atoms with Gasteiger partial charge in [-0.2, -0.15) is 0 Å². The van der Waals surface area contributed by atoms with E-state index in [1.54, 1.807) is 0 Å². The first-order chi connectivity index (χ1) is 10.1. The van der Waals surface area contributed by atoms with Crippen LogP contribution in [0.5, 0.6) is 5.75 Å². The molecular formula is C17H19ClLiO2P. The molecule has 2 aromatic carbocycles. The fraction of sp³-hybridized carbons (Fsp3) is 0.235. The third kappa shape index (κ3) is 4.15. The Labute approximate surface area is 151 Å². The molecule has 0 bridgehead atoms. The summed E-state index contributed by atoms with van der Waals surface area (Å²) in [6, 6.07) is 14.2. The van der Waals surface area contributed by atoms with Gasteiger partial charge in [-0.25, -0.2) is 0 Å². The Hall–Kier alpha value is -0.773. The van der Waals surface area contributed by atoms with Crippen molar-refractivity contribution >= 4 is 36.4 Å². The summed E-state index contributed by atoms with van der Waals surface area (Å²) in [6.45, 7) is 4.38. The van der Waals surface area contributed by atoms with E-state index in [0.29, 0.717) is 22.0 Å². The molecule has 2 rings (SSSR count). The van der Waals surface area contributed by atoms with E-state index >= 15 is 0 Å². The molecule has 0 spiro atoms. The number of hydrogen-bond donors (Lipinski definition) is 0. The van der Waals surface area contributed by atoms with E-state index in [1.807, 2.05) is 30.3 Å². The zero-order valence-electron chi connectivity index (χ0n) is 14.3. The van der Waals surface area contributed by atoms with Crippen LogP contribution in [-0.2, 0) is 0 Å². The molecule has 0 aromatic heterocycles. The zero-order chi connectivity index (χ0) is 15.4. The molecule has 0 N–H and O–H groups in total. The van der Waals surface area contributed by atoms with Gasteiger partial charge in [0.25, 0.3) is 0 Å². The second kappa shape index (κ2) is 8.75. The maximum Gasteiger partial charge on any atom is 1.00 e. The van der Waals surface area contributed by atoms with Gasteiger partial charge in [-0.3, -0.25) is 4.79 Å². The van der Waals surface area contributed by atoms with Crippen molar-refractivity contribution in [2.24, 2.45) is 0 Å². The summed E-state index contributed by atoms with van der Waals surface area (Å²) in [5.74, 6) is 0.446. The van der Waals surface area contributed by atoms with Crippen molar-refractivity contribution in [3.8, 4) is 5.75 Å². The molecule has 0 amide bonds. The average Bonchev–Trinajstić information content (AvgIpc) is 2.47. The minimum absolute atomic E-state index is 0. The second-order valence-corrected chi connectivity index (χ2v) is 8.18. The van der Waals surface area contributed by atoms with Gasteiger partial charge < -0.3 is 6.16 Å². The summed E-state index contributed by atoms with van der Waals surface area (Å²) >= 11 is 6.28. The number of carbonyl (C=O) groups excluding carboxylic acids is 1. The number of carbonyl (C=O) groups is 1. The fourth-order valence-electron chi connectivity index (χ4n) is 2.38. The molecule has 1 atom stereocenters. The predicted octanol–water partition coefficient (Wildman–Crippen LogP) is 1.12. The van der Waals surface area contributed by atoms with Crippen LogP contribution < -0.4 is 34.2 Å². The summed E-state index contributed by atoms with van der Waals surface area (Å²) in [5.41, 5.74) is 0.954. The van der Waals surface area contributed by atoms with Crippen LogP contribution in [0.2, 0.25) is 5.02 Å². The van der Waals surface area contributed by atoms with Gasteiger partial charge in [0.15, 0.2) is 6.29 Å². The number of aldehydes is 1. The van der Waals surface area contributed by atoms with Crippen molar-refractivity contribution in [2.45, 2.75) is 19.5 Å². The molecule has 0 radical (unpaired) electrons. The number of halogens is 1. The Balaban J connectivity index is 0.00000242. The van der Waals surface area contributed by atoms with Crippen molar-refractivity contribution in [3.63, 3.8) is 0 Å². The molecular weight excluding hydrogens is 310 g/mol. The number of hydrogen-bond acceptors (Lipinski definition) is 2. The third-order valence-corrected chi connectivity index (χ3v) is 6.20. The van der Waals surface area contributed by atoms with Crippen molar-refractivity contribution in [1.82, 2.24) is 0 Å². The fourth-order valence-corrected chi connectivity index (χ4v) is 5.29. The molecule has 5 heteroatoms. The smallest absolute Gasteiger partial charge is 1.00 e. The van der Waals surface area contributed by atoms with Crippen molar-refractivity contribution in [1.29, 1.82) is 0 Å². The molecule has 0 saturated carbocycles. The first-order valence-electron chi connectivity index (χ1n) is 6.75. The molecule has 0 heterocycles. The largest absolute Gasteiger partial charge is 1.00 e. The van der Waals surface area contributed by atoms with E-state index in [-0.39, 0.29) is 20.3 Å². The molecule has 1 unspecified atom stereocenters. The van der Waals surface area contributed by atoms with Crippen LogP contribution in [0.4, 0.5) is 0 Å². The summed E-state index contributed by atoms with van der Waals surface area (Å²) in [7, 11) is 0.960. The van der Waals surface area contributed by atoms with Gasteiger partial charge >= 0.3 is 18.9 Å². The molecule has 0 aliphatic heterocycles. The molecule has 112 valence electrons. The normalized spacial score (nSPS) is 11.7. The minimum atomic E-state index is -0.564. The quantitative estimate of drug-likeness (QED) is 0.467. The van der Waals surface area contributed by atoms with Crippen LogP contribution in [0.15, 0.2) is 42.5 Å². The monoisotopic (exact) mass is 328 g/mol. The van der Waals surface area contributed by atoms with Crippen LogP contribution in [-0.4, -0.2) is 19.1 Å². The van der Waals surface area contributed by atoms with Crippen LogP contribution in [0.3, 0.4) is 0 Å². The van der Waals surface area contributed by atoms with Gasteiger partial charge in [0.2, 0.25) is 0 Å². The van der Waals surface area contributed by atoms with Gasteiger partial charge in [-0.05, 0) is 36.3 Å². The van der Waals surface area contributed by atoms with Crippen LogP contribution >= 0.6 is 19.5 Å². The Morgan fingerprint density at radius 3 is 2.32 bits per heavy atom. The zero-order valence-corrected chi connectivity index (χ0v) is 15.0. The number of benzene rings is 2. The van der Waals surface area contributed by atoms with E-state index in [0.717, 1.165) is 11.6 Å². The SMILES string of the molecule is COc1c(Cl)cc(P(c2ccccc2)C(C)C)cc1C=O.[H-].[Li+]. The Morgan fingerprint density at radius 2 is 1.82 bits per heavy atom. The summed E-state index contributed by atoms with van der Waals surface area (Å²) in [6.07, 6.45) is 0.799. The summed E-state index contributed by atoms with van der Waals surface area (Å²) in [4.78, 5) is 11.3. The maximum atomic E-state index is 11.3. The molecule has 0 fully saturated rings. The van der Waals surface area contributed by atoms with Crippen LogP contribution in [0.1, 0.15) is 25.6 Å². The Kier molecular flexibility index (Phi) is 7.67. The molecule has 0 aliphatic carbocycles. The molecule has 2 nitrogen and oxygen atoms in total. The maximum absolute atomic E-state index is 11.3. The standard InChI is InChI=1S/C17H18ClO2P.Li.H/c1-12(2)21(14-7-5-4-6-8-14)15-9-13(11-19)17(20-3)16(18)10-15;;/h4-12H,1-3H3;;/q;+1;-1. The molecule has 0 aliphatic rings. The van der Waals surface area contributed by atoms with E-state index < -0.39 is 7.92 Å². The first-order valence-corrected chi connectivity index (χ1v) is 8.54. The summed E-state index contributed by atoms with van der Waals surface area (Å²) in [5, 5.41) is 2.86. The molecule has 2 aromatic rings. The van der Waals surface area contributed by atoms with E-state index in [4.69, 9.17) is 16.3 Å². The van der Waals surface area contributed by atoms with Crippen LogP contribution in [0.25, 0.3) is 0 Å². The van der Waals surface area contributed by atoms with Gasteiger partial charge in [0.05, 0.1) is 17.7 Å². The second-order valence-electron chi connectivity index (χ2n) is 4.97. The van der Waals surface area contributed by atoms with Crippen molar-refractivity contribution in [2.75, 3.05) is 7.11 Å². The summed E-state index contributed by atoms with van der Waals surface area (Å²) < 4.78 is 5.21. The minimum Gasteiger partial charge on any atom is -1.00 e. The van der Waals surface area contributed by atoms with Crippen molar-refractivity contribution in [3.05, 3.63) is 53.1 Å². The number of rotatable bonds is 5. The van der Waals surface area contributed by atoms with Gasteiger partial charge in [-0.15, -0.1) is 0 Å². The topological polar surface area (TPSA) is 26.3 Å². The van der Waals surface area contributed by atoms with Crippen LogP contribution in [0, 0.1) is 0 Å². The third-order valence-electron chi connectivity index (χ3n) is 3.22. The van der Waals surface area contributed by atoms with Gasteiger partial charge in [-0.1, -0.05) is 55.8 Å². The molecule has 0 saturated heterocycles. The van der Waals surface area contributed by atoms with E-state index in [2.05, 4.69) is 26.0 Å². The average molecular weight is 329 g/mol. The van der Waals surface area contributed by atoms with E-state index in [1.165, 1.54) is 12.4 Å². The predicted molar refractivity (Wildman–Crippen MR) is 92.3 cm³/mol. The number of ether oxygens (including phenoxy) is 1. The van der Waals surface area contributed by atoms with Gasteiger partial charge in [0.1, 0.15) is 5.75 Å². The molecule has 22 heavy (non-hydrogen) atoms. The Bertz CT molecular complexity index is 638. The Morgan fingerprint density at radius 1 is 1.18 bits per heavy atom.